The van der Waals surface area contributed by atoms with Crippen molar-refractivity contribution in [3.05, 3.63) is 40.1 Å². The van der Waals surface area contributed by atoms with Gasteiger partial charge in [-0.05, 0) is 41.1 Å². The number of halogens is 1. The van der Waals surface area contributed by atoms with Crippen LogP contribution in [0.5, 0.6) is 0 Å². The molecule has 0 fully saturated rings. The van der Waals surface area contributed by atoms with Crippen molar-refractivity contribution in [3.63, 3.8) is 0 Å². The molecule has 5 nitrogen and oxygen atoms in total. The molecule has 1 unspecified atom stereocenters. The summed E-state index contributed by atoms with van der Waals surface area (Å²) in [5.74, 6) is 1.81. The van der Waals surface area contributed by atoms with Gasteiger partial charge in [0.25, 0.3) is 0 Å². The second kappa shape index (κ2) is 6.64. The van der Waals surface area contributed by atoms with E-state index in [0.717, 1.165) is 35.9 Å². The molecule has 2 rings (SSSR count). The maximum absolute atomic E-state index is 6.38. The van der Waals surface area contributed by atoms with Crippen LogP contribution in [0.4, 0.5) is 0 Å². The summed E-state index contributed by atoms with van der Waals surface area (Å²) >= 11 is 6.38. The highest BCUT2D eigenvalue weighted by Gasteiger charge is 2.24. The largest absolute Gasteiger partial charge is 0.466 e. The Morgan fingerprint density at radius 1 is 1.43 bits per heavy atom. The second-order valence-corrected chi connectivity index (χ2v) is 5.90. The van der Waals surface area contributed by atoms with Gasteiger partial charge in [-0.15, -0.1) is 0 Å². The Morgan fingerprint density at radius 2 is 2.14 bits per heavy atom. The van der Waals surface area contributed by atoms with Gasteiger partial charge in [0, 0.05) is 12.1 Å². The number of likely N-dealkylation sites (N-methyl/N-ethyl adjacent to an activating group) is 1. The van der Waals surface area contributed by atoms with Gasteiger partial charge in [-0.2, -0.15) is 5.10 Å². The fourth-order valence-corrected chi connectivity index (χ4v) is 2.76. The lowest BCUT2D eigenvalue weighted by Crippen LogP contribution is -2.25. The van der Waals surface area contributed by atoms with Gasteiger partial charge in [-0.25, -0.2) is 0 Å². The predicted octanol–water partition coefficient (Wildman–Crippen LogP) is 2.62. The van der Waals surface area contributed by atoms with Crippen molar-refractivity contribution in [2.75, 3.05) is 27.7 Å². The quantitative estimate of drug-likeness (QED) is 0.891. The molecule has 0 saturated heterocycles. The zero-order valence-corrected chi connectivity index (χ0v) is 14.0. The Morgan fingerprint density at radius 3 is 2.67 bits per heavy atom. The SMILES string of the molecule is CNC(c1cc(C)oc1C)c1c(Cl)cnn1CCN(C)C. The number of nitrogens with one attached hydrogen (secondary N) is 1. The number of hydrogen-bond donors (Lipinski definition) is 1. The minimum Gasteiger partial charge on any atom is -0.466 e. The summed E-state index contributed by atoms with van der Waals surface area (Å²) in [5, 5.41) is 8.40. The molecule has 0 aromatic carbocycles. The predicted molar refractivity (Wildman–Crippen MR) is 84.9 cm³/mol. The van der Waals surface area contributed by atoms with Crippen molar-refractivity contribution in [1.82, 2.24) is 20.0 Å². The van der Waals surface area contributed by atoms with Crippen LogP contribution >= 0.6 is 11.6 Å². The van der Waals surface area contributed by atoms with Gasteiger partial charge in [-0.1, -0.05) is 11.6 Å². The normalized spacial score (nSPS) is 13.1. The van der Waals surface area contributed by atoms with Gasteiger partial charge < -0.3 is 14.6 Å². The zero-order chi connectivity index (χ0) is 15.6. The summed E-state index contributed by atoms with van der Waals surface area (Å²) in [6, 6.07) is 2.02. The fourth-order valence-electron chi connectivity index (χ4n) is 2.51. The van der Waals surface area contributed by atoms with Gasteiger partial charge >= 0.3 is 0 Å². The highest BCUT2D eigenvalue weighted by molar-refractivity contribution is 6.31. The Balaban J connectivity index is 2.38. The van der Waals surface area contributed by atoms with E-state index in [-0.39, 0.29) is 6.04 Å². The van der Waals surface area contributed by atoms with Crippen LogP contribution in [0.25, 0.3) is 0 Å². The van der Waals surface area contributed by atoms with Crippen LogP contribution < -0.4 is 5.32 Å². The number of hydrogen-bond acceptors (Lipinski definition) is 4. The first kappa shape index (κ1) is 16.1. The van der Waals surface area contributed by atoms with Crippen LogP contribution in [-0.4, -0.2) is 42.4 Å². The Hall–Kier alpha value is -1.30. The van der Waals surface area contributed by atoms with E-state index in [2.05, 4.69) is 21.4 Å². The van der Waals surface area contributed by atoms with E-state index >= 15 is 0 Å². The van der Waals surface area contributed by atoms with Crippen LogP contribution in [0.15, 0.2) is 16.7 Å². The third-order valence-corrected chi connectivity index (χ3v) is 3.84. The smallest absolute Gasteiger partial charge is 0.106 e. The lowest BCUT2D eigenvalue weighted by atomic mass is 10.0. The Kier molecular flexibility index (Phi) is 5.08. The van der Waals surface area contributed by atoms with Crippen molar-refractivity contribution in [3.8, 4) is 0 Å². The van der Waals surface area contributed by atoms with Crippen LogP contribution in [0, 0.1) is 13.8 Å². The van der Waals surface area contributed by atoms with Gasteiger partial charge in [0.1, 0.15) is 11.5 Å². The molecule has 1 N–H and O–H groups in total. The average Bonchev–Trinajstić information content (AvgIpc) is 2.93. The van der Waals surface area contributed by atoms with Crippen molar-refractivity contribution in [2.24, 2.45) is 0 Å². The van der Waals surface area contributed by atoms with Crippen molar-refractivity contribution in [1.29, 1.82) is 0 Å². The maximum Gasteiger partial charge on any atom is 0.106 e. The molecule has 0 aliphatic heterocycles. The summed E-state index contributed by atoms with van der Waals surface area (Å²) in [5.41, 5.74) is 2.08. The molecule has 0 radical (unpaired) electrons. The van der Waals surface area contributed by atoms with E-state index in [9.17, 15) is 0 Å². The third-order valence-electron chi connectivity index (χ3n) is 3.54. The number of nitrogens with zero attached hydrogens (tertiary/aromatic N) is 3. The maximum atomic E-state index is 6.38. The molecule has 0 amide bonds. The van der Waals surface area contributed by atoms with E-state index in [1.54, 1.807) is 6.20 Å². The topological polar surface area (TPSA) is 46.2 Å². The molecule has 0 spiro atoms. The highest BCUT2D eigenvalue weighted by atomic mass is 35.5. The molecule has 0 aliphatic carbocycles. The first-order chi connectivity index (χ1) is 9.93. The molecular formula is C15H23ClN4O. The molecule has 21 heavy (non-hydrogen) atoms. The second-order valence-electron chi connectivity index (χ2n) is 5.49. The van der Waals surface area contributed by atoms with Crippen molar-refractivity contribution < 1.29 is 4.42 Å². The summed E-state index contributed by atoms with van der Waals surface area (Å²) < 4.78 is 7.62. The Bertz CT molecular complexity index is 603. The highest BCUT2D eigenvalue weighted by Crippen LogP contribution is 2.31. The Labute approximate surface area is 130 Å². The number of furan rings is 1. The van der Waals surface area contributed by atoms with E-state index in [1.165, 1.54) is 0 Å². The minimum atomic E-state index is -0.0281. The fraction of sp³-hybridized carbons (Fsp3) is 0.533. The summed E-state index contributed by atoms with van der Waals surface area (Å²) in [6.45, 7) is 5.63. The van der Waals surface area contributed by atoms with Crippen molar-refractivity contribution in [2.45, 2.75) is 26.4 Å². The van der Waals surface area contributed by atoms with Gasteiger partial charge in [-0.3, -0.25) is 4.68 Å². The molecule has 116 valence electrons. The number of aryl methyl sites for hydroxylation is 2. The van der Waals surface area contributed by atoms with Gasteiger partial charge in [0.05, 0.1) is 29.5 Å². The zero-order valence-electron chi connectivity index (χ0n) is 13.3. The summed E-state index contributed by atoms with van der Waals surface area (Å²) in [7, 11) is 6.01. The number of rotatable bonds is 6. The van der Waals surface area contributed by atoms with E-state index < -0.39 is 0 Å². The monoisotopic (exact) mass is 310 g/mol. The summed E-state index contributed by atoms with van der Waals surface area (Å²) in [4.78, 5) is 2.13. The van der Waals surface area contributed by atoms with E-state index in [0.29, 0.717) is 5.02 Å². The average molecular weight is 311 g/mol. The van der Waals surface area contributed by atoms with Gasteiger partial charge in [0.2, 0.25) is 0 Å². The number of aromatic nitrogens is 2. The van der Waals surface area contributed by atoms with Crippen LogP contribution in [0.3, 0.4) is 0 Å². The van der Waals surface area contributed by atoms with E-state index in [4.69, 9.17) is 16.0 Å². The molecule has 0 saturated carbocycles. The summed E-state index contributed by atoms with van der Waals surface area (Å²) in [6.07, 6.45) is 1.71. The van der Waals surface area contributed by atoms with E-state index in [1.807, 2.05) is 39.7 Å². The first-order valence-electron chi connectivity index (χ1n) is 7.04. The lowest BCUT2D eigenvalue weighted by Gasteiger charge is -2.19. The third kappa shape index (κ3) is 3.48. The molecule has 0 bridgehead atoms. The molecule has 0 aliphatic rings. The van der Waals surface area contributed by atoms with Crippen LogP contribution in [0.1, 0.15) is 28.8 Å². The van der Waals surface area contributed by atoms with Crippen LogP contribution in [-0.2, 0) is 6.54 Å². The van der Waals surface area contributed by atoms with Crippen LogP contribution in [0.2, 0.25) is 5.02 Å². The molecule has 6 heteroatoms. The molecule has 2 aromatic heterocycles. The minimum absolute atomic E-state index is 0.0281. The van der Waals surface area contributed by atoms with Crippen molar-refractivity contribution >= 4 is 11.6 Å². The molecule has 2 aromatic rings. The molecule has 2 heterocycles. The molecular weight excluding hydrogens is 288 g/mol. The van der Waals surface area contributed by atoms with Gasteiger partial charge in [0.15, 0.2) is 0 Å². The standard InChI is InChI=1S/C15H23ClN4O/c1-10-8-12(11(2)21-10)14(17-3)15-13(16)9-18-20(15)7-6-19(4)5/h8-9,14,17H,6-7H2,1-5H3. The lowest BCUT2D eigenvalue weighted by molar-refractivity contribution is 0.366. The molecule has 1 atom stereocenters. The first-order valence-corrected chi connectivity index (χ1v) is 7.42.